The van der Waals surface area contributed by atoms with Gasteiger partial charge in [-0.05, 0) is 34.8 Å². The molecule has 224 valence electrons. The van der Waals surface area contributed by atoms with E-state index in [2.05, 4.69) is 58.6 Å². The molecule has 1 amide bonds. The summed E-state index contributed by atoms with van der Waals surface area (Å²) in [5.74, 6) is 0.114. The van der Waals surface area contributed by atoms with Crippen molar-refractivity contribution in [2.75, 3.05) is 6.54 Å². The van der Waals surface area contributed by atoms with E-state index in [0.29, 0.717) is 31.3 Å². The predicted octanol–water partition coefficient (Wildman–Crippen LogP) is 5.49. The Morgan fingerprint density at radius 1 is 1.00 bits per heavy atom. The van der Waals surface area contributed by atoms with Gasteiger partial charge < -0.3 is 20.1 Å². The number of amides is 1. The molecule has 3 aromatic carbocycles. The molecule has 9 nitrogen and oxygen atoms in total. The van der Waals surface area contributed by atoms with Gasteiger partial charge in [-0.1, -0.05) is 93.1 Å². The molecule has 0 radical (unpaired) electrons. The van der Waals surface area contributed by atoms with Crippen molar-refractivity contribution in [2.24, 2.45) is 5.92 Å². The van der Waals surface area contributed by atoms with Crippen LogP contribution in [0.4, 0.5) is 5.69 Å². The fourth-order valence-electron chi connectivity index (χ4n) is 4.78. The van der Waals surface area contributed by atoms with E-state index in [1.54, 1.807) is 24.7 Å². The Morgan fingerprint density at radius 2 is 1.65 bits per heavy atom. The molecule has 10 heteroatoms. The van der Waals surface area contributed by atoms with E-state index in [0.717, 1.165) is 28.8 Å². The Labute approximate surface area is 258 Å². The van der Waals surface area contributed by atoms with E-state index in [-0.39, 0.29) is 30.0 Å². The zero-order valence-corrected chi connectivity index (χ0v) is 25.4. The molecule has 0 bridgehead atoms. The van der Waals surface area contributed by atoms with Crippen LogP contribution >= 0.6 is 12.2 Å². The standard InChI is InChI=1S/C33H38N6O3S/c1-3-25(2)31(23-37(21-27-12-8-5-9-13-27)33(43)35-19-26-10-6-4-7-11-26)36-32(40)18-30-20-34-24-38(30)22-28-14-16-29(17-15-28)39(41)42/h4-17,20,24-25,31H,3,18-19,21-23H2,1-2H3,(H,35,43)(H,36,40)/t25-,31+/m0/s1. The normalized spacial score (nSPS) is 12.2. The van der Waals surface area contributed by atoms with Crippen molar-refractivity contribution in [3.8, 4) is 0 Å². The van der Waals surface area contributed by atoms with Crippen molar-refractivity contribution >= 4 is 28.9 Å². The van der Waals surface area contributed by atoms with E-state index in [1.807, 2.05) is 41.0 Å². The fraction of sp³-hybridized carbons (Fsp3) is 0.303. The minimum absolute atomic E-state index is 0.0427. The number of non-ortho nitro benzene ring substituents is 1. The first kappa shape index (κ1) is 31.4. The molecule has 1 heterocycles. The number of nitrogens with zero attached hydrogens (tertiary/aromatic N) is 4. The maximum atomic E-state index is 13.4. The molecule has 0 fully saturated rings. The Morgan fingerprint density at radius 3 is 2.28 bits per heavy atom. The first-order valence-corrected chi connectivity index (χ1v) is 14.9. The topological polar surface area (TPSA) is 105 Å². The fourth-order valence-corrected chi connectivity index (χ4v) is 4.99. The zero-order valence-electron chi connectivity index (χ0n) is 24.6. The Balaban J connectivity index is 1.44. The van der Waals surface area contributed by atoms with Crippen molar-refractivity contribution in [2.45, 2.75) is 52.4 Å². The summed E-state index contributed by atoms with van der Waals surface area (Å²) >= 11 is 5.88. The number of carbonyl (C=O) groups excluding carboxylic acids is 1. The number of hydrogen-bond donors (Lipinski definition) is 2. The maximum Gasteiger partial charge on any atom is 0.269 e. The summed E-state index contributed by atoms with van der Waals surface area (Å²) in [7, 11) is 0. The first-order valence-electron chi connectivity index (χ1n) is 14.4. The van der Waals surface area contributed by atoms with Gasteiger partial charge in [0.05, 0.1) is 17.7 Å². The Bertz CT molecular complexity index is 1480. The van der Waals surface area contributed by atoms with Crippen LogP contribution in [0.15, 0.2) is 97.5 Å². The van der Waals surface area contributed by atoms with Gasteiger partial charge in [-0.3, -0.25) is 14.9 Å². The third-order valence-electron chi connectivity index (χ3n) is 7.52. The molecule has 0 aliphatic heterocycles. The number of thiocarbonyl (C=S) groups is 1. The molecule has 4 rings (SSSR count). The number of carbonyl (C=O) groups is 1. The third-order valence-corrected chi connectivity index (χ3v) is 7.93. The lowest BCUT2D eigenvalue weighted by Crippen LogP contribution is -2.51. The molecule has 2 atom stereocenters. The second-order valence-corrected chi connectivity index (χ2v) is 11.1. The molecule has 2 N–H and O–H groups in total. The van der Waals surface area contributed by atoms with Crippen LogP contribution in [0.3, 0.4) is 0 Å². The lowest BCUT2D eigenvalue weighted by molar-refractivity contribution is -0.384. The summed E-state index contributed by atoms with van der Waals surface area (Å²) in [6, 6.07) is 26.6. The summed E-state index contributed by atoms with van der Waals surface area (Å²) in [5.41, 5.74) is 3.97. The minimum Gasteiger partial charge on any atom is -0.358 e. The van der Waals surface area contributed by atoms with Crippen LogP contribution in [-0.2, 0) is 30.8 Å². The lowest BCUT2D eigenvalue weighted by Gasteiger charge is -2.33. The number of benzene rings is 3. The van der Waals surface area contributed by atoms with Gasteiger partial charge in [0.2, 0.25) is 5.91 Å². The Kier molecular flexibility index (Phi) is 11.4. The Hall–Kier alpha value is -4.57. The average Bonchev–Trinajstić information content (AvgIpc) is 3.45. The highest BCUT2D eigenvalue weighted by Crippen LogP contribution is 2.16. The number of aromatic nitrogens is 2. The van der Waals surface area contributed by atoms with E-state index >= 15 is 0 Å². The summed E-state index contributed by atoms with van der Waals surface area (Å²) < 4.78 is 1.89. The molecule has 0 spiro atoms. The zero-order chi connectivity index (χ0) is 30.6. The van der Waals surface area contributed by atoms with Gasteiger partial charge in [-0.2, -0.15) is 0 Å². The van der Waals surface area contributed by atoms with Crippen molar-refractivity contribution in [3.05, 3.63) is 130 Å². The number of nitro groups is 1. The van der Waals surface area contributed by atoms with E-state index in [1.165, 1.54) is 12.1 Å². The maximum absolute atomic E-state index is 13.4. The van der Waals surface area contributed by atoms with Gasteiger partial charge in [-0.25, -0.2) is 4.98 Å². The minimum atomic E-state index is -0.419. The van der Waals surface area contributed by atoms with Crippen molar-refractivity contribution in [1.82, 2.24) is 25.1 Å². The number of nitrogens with one attached hydrogen (secondary N) is 2. The largest absolute Gasteiger partial charge is 0.358 e. The molecule has 0 saturated heterocycles. The van der Waals surface area contributed by atoms with Crippen molar-refractivity contribution in [3.63, 3.8) is 0 Å². The first-order chi connectivity index (χ1) is 20.8. The van der Waals surface area contributed by atoms with Gasteiger partial charge in [0.1, 0.15) is 0 Å². The van der Waals surface area contributed by atoms with Gasteiger partial charge in [0, 0.05) is 56.2 Å². The number of nitro benzene ring substituents is 1. The predicted molar refractivity (Wildman–Crippen MR) is 172 cm³/mol. The van der Waals surface area contributed by atoms with Crippen LogP contribution in [-0.4, -0.2) is 43.0 Å². The van der Waals surface area contributed by atoms with Crippen LogP contribution < -0.4 is 10.6 Å². The summed E-state index contributed by atoms with van der Waals surface area (Å²) in [6.45, 7) is 6.51. The van der Waals surface area contributed by atoms with E-state index in [9.17, 15) is 14.9 Å². The molecule has 0 saturated carbocycles. The highest BCUT2D eigenvalue weighted by molar-refractivity contribution is 7.80. The van der Waals surface area contributed by atoms with Gasteiger partial charge in [0.15, 0.2) is 5.11 Å². The van der Waals surface area contributed by atoms with Crippen LogP contribution in [0.2, 0.25) is 0 Å². The van der Waals surface area contributed by atoms with Crippen LogP contribution in [0, 0.1) is 16.0 Å². The summed E-state index contributed by atoms with van der Waals surface area (Å²) in [4.78, 5) is 30.3. The van der Waals surface area contributed by atoms with Crippen LogP contribution in [0.25, 0.3) is 0 Å². The molecule has 1 aromatic heterocycles. The van der Waals surface area contributed by atoms with Gasteiger partial charge in [0.25, 0.3) is 5.69 Å². The summed E-state index contributed by atoms with van der Waals surface area (Å²) in [5, 5.41) is 18.3. The van der Waals surface area contributed by atoms with Crippen LogP contribution in [0.5, 0.6) is 0 Å². The lowest BCUT2D eigenvalue weighted by atomic mass is 9.98. The monoisotopic (exact) mass is 598 g/mol. The average molecular weight is 599 g/mol. The van der Waals surface area contributed by atoms with Crippen molar-refractivity contribution in [1.29, 1.82) is 0 Å². The molecule has 0 aliphatic rings. The van der Waals surface area contributed by atoms with Crippen molar-refractivity contribution < 1.29 is 9.72 Å². The third kappa shape index (κ3) is 9.47. The van der Waals surface area contributed by atoms with Gasteiger partial charge >= 0.3 is 0 Å². The SMILES string of the molecule is CC[C@H](C)[C@@H](CN(Cc1ccccc1)C(=S)NCc1ccccc1)NC(=O)Cc1cncn1Cc1ccc([N+](=O)[O-])cc1. The molecular weight excluding hydrogens is 560 g/mol. The number of rotatable bonds is 14. The molecule has 43 heavy (non-hydrogen) atoms. The van der Waals surface area contributed by atoms with E-state index in [4.69, 9.17) is 12.2 Å². The van der Waals surface area contributed by atoms with Crippen LogP contribution in [0.1, 0.15) is 42.7 Å². The number of hydrogen-bond acceptors (Lipinski definition) is 5. The second kappa shape index (κ2) is 15.6. The molecule has 4 aromatic rings. The quantitative estimate of drug-likeness (QED) is 0.112. The second-order valence-electron chi connectivity index (χ2n) is 10.7. The highest BCUT2D eigenvalue weighted by atomic mass is 32.1. The smallest absolute Gasteiger partial charge is 0.269 e. The van der Waals surface area contributed by atoms with Gasteiger partial charge in [-0.15, -0.1) is 0 Å². The molecule has 0 aliphatic carbocycles. The number of imidazole rings is 1. The highest BCUT2D eigenvalue weighted by Gasteiger charge is 2.24. The van der Waals surface area contributed by atoms with E-state index < -0.39 is 4.92 Å². The summed E-state index contributed by atoms with van der Waals surface area (Å²) in [6.07, 6.45) is 4.42. The molecule has 0 unspecified atom stereocenters. The molecular formula is C33H38N6O3S.